The summed E-state index contributed by atoms with van der Waals surface area (Å²) in [4.78, 5) is 24.0. The van der Waals surface area contributed by atoms with Gasteiger partial charge >= 0.3 is 0 Å². The van der Waals surface area contributed by atoms with E-state index in [1.165, 1.54) is 11.6 Å². The molecule has 0 saturated carbocycles. The number of para-hydroxylation sites is 1. The van der Waals surface area contributed by atoms with Crippen LogP contribution >= 0.6 is 0 Å². The predicted octanol–water partition coefficient (Wildman–Crippen LogP) is 2.34. The van der Waals surface area contributed by atoms with Gasteiger partial charge in [0, 0.05) is 6.92 Å². The number of hydrogen-bond donors (Lipinski definition) is 1. The summed E-state index contributed by atoms with van der Waals surface area (Å²) >= 11 is 0. The van der Waals surface area contributed by atoms with E-state index in [4.69, 9.17) is 0 Å². The second-order valence-corrected chi connectivity index (χ2v) is 5.25. The topological polar surface area (TPSA) is 76.9 Å². The molecule has 1 atom stereocenters. The number of benzene rings is 2. The summed E-state index contributed by atoms with van der Waals surface area (Å²) in [5, 5.41) is 10.7. The quantitative estimate of drug-likeness (QED) is 0.802. The zero-order valence-electron chi connectivity index (χ0n) is 12.6. The molecule has 0 radical (unpaired) electrons. The second kappa shape index (κ2) is 6.39. The number of carbonyl (C=O) groups is 2. The Morgan fingerprint density at radius 3 is 2.52 bits per heavy atom. The molecule has 1 amide bonds. The Balaban J connectivity index is 1.87. The van der Waals surface area contributed by atoms with Crippen molar-refractivity contribution in [2.24, 2.45) is 0 Å². The SMILES string of the molecule is CC(=O)N[C@H](CC(=O)n1nnc2ccccc21)c1ccccc1. The van der Waals surface area contributed by atoms with E-state index in [1.807, 2.05) is 42.5 Å². The standard InChI is InChI=1S/C17H16N4O2/c1-12(22)18-15(13-7-3-2-4-8-13)11-17(23)21-16-10-6-5-9-14(16)19-20-21/h2-10,15H,11H2,1H3,(H,18,22)/t15-/m1/s1. The van der Waals surface area contributed by atoms with E-state index >= 15 is 0 Å². The number of carbonyl (C=O) groups excluding carboxylic acids is 2. The molecule has 2 aromatic carbocycles. The predicted molar refractivity (Wildman–Crippen MR) is 85.8 cm³/mol. The van der Waals surface area contributed by atoms with E-state index in [-0.39, 0.29) is 18.2 Å². The van der Waals surface area contributed by atoms with E-state index in [1.54, 1.807) is 12.1 Å². The van der Waals surface area contributed by atoms with Crippen molar-refractivity contribution in [2.45, 2.75) is 19.4 Å². The molecule has 0 fully saturated rings. The molecule has 116 valence electrons. The molecule has 0 saturated heterocycles. The number of fused-ring (bicyclic) bond motifs is 1. The van der Waals surface area contributed by atoms with Crippen molar-refractivity contribution in [3.05, 3.63) is 60.2 Å². The van der Waals surface area contributed by atoms with Gasteiger partial charge < -0.3 is 5.32 Å². The van der Waals surface area contributed by atoms with Gasteiger partial charge in [0.15, 0.2) is 0 Å². The van der Waals surface area contributed by atoms with Gasteiger partial charge in [-0.1, -0.05) is 47.7 Å². The summed E-state index contributed by atoms with van der Waals surface area (Å²) in [6, 6.07) is 16.3. The summed E-state index contributed by atoms with van der Waals surface area (Å²) in [5.41, 5.74) is 2.20. The molecule has 6 heteroatoms. The van der Waals surface area contributed by atoms with Crippen molar-refractivity contribution in [3.8, 4) is 0 Å². The van der Waals surface area contributed by atoms with E-state index < -0.39 is 6.04 Å². The normalized spacial score (nSPS) is 12.0. The Kier molecular flexibility index (Phi) is 4.14. The zero-order valence-corrected chi connectivity index (χ0v) is 12.6. The summed E-state index contributed by atoms with van der Waals surface area (Å²) in [5.74, 6) is -0.406. The third-order valence-corrected chi connectivity index (χ3v) is 3.55. The summed E-state index contributed by atoms with van der Waals surface area (Å²) in [7, 11) is 0. The number of aromatic nitrogens is 3. The van der Waals surface area contributed by atoms with Crippen molar-refractivity contribution in [1.82, 2.24) is 20.3 Å². The zero-order chi connectivity index (χ0) is 16.2. The monoisotopic (exact) mass is 308 g/mol. The molecule has 0 aliphatic rings. The smallest absolute Gasteiger partial charge is 0.251 e. The highest BCUT2D eigenvalue weighted by Crippen LogP contribution is 2.19. The molecule has 1 N–H and O–H groups in total. The third kappa shape index (κ3) is 3.26. The van der Waals surface area contributed by atoms with Gasteiger partial charge in [0.25, 0.3) is 5.91 Å². The minimum absolute atomic E-state index is 0.108. The van der Waals surface area contributed by atoms with Crippen LogP contribution in [0.15, 0.2) is 54.6 Å². The summed E-state index contributed by atoms with van der Waals surface area (Å²) in [6.45, 7) is 1.44. The van der Waals surface area contributed by atoms with Crippen LogP contribution in [0.4, 0.5) is 0 Å². The van der Waals surface area contributed by atoms with Gasteiger partial charge in [0.2, 0.25) is 5.91 Å². The number of amides is 1. The van der Waals surface area contributed by atoms with Crippen LogP contribution in [-0.2, 0) is 4.79 Å². The molecular formula is C17H16N4O2. The van der Waals surface area contributed by atoms with Crippen LogP contribution in [-0.4, -0.2) is 26.8 Å². The Bertz CT molecular complexity index is 842. The highest BCUT2D eigenvalue weighted by atomic mass is 16.2. The Hall–Kier alpha value is -3.02. The molecule has 0 bridgehead atoms. The van der Waals surface area contributed by atoms with E-state index in [0.29, 0.717) is 11.0 Å². The van der Waals surface area contributed by atoms with Gasteiger partial charge in [0.1, 0.15) is 5.52 Å². The van der Waals surface area contributed by atoms with Gasteiger partial charge in [-0.2, -0.15) is 4.68 Å². The molecule has 1 aromatic heterocycles. The lowest BCUT2D eigenvalue weighted by molar-refractivity contribution is -0.119. The number of rotatable bonds is 4. The van der Waals surface area contributed by atoms with Crippen LogP contribution in [0, 0.1) is 0 Å². The van der Waals surface area contributed by atoms with Crippen LogP contribution in [0.3, 0.4) is 0 Å². The Morgan fingerprint density at radius 2 is 1.78 bits per heavy atom. The first-order valence-corrected chi connectivity index (χ1v) is 7.31. The molecule has 6 nitrogen and oxygen atoms in total. The fourth-order valence-corrected chi connectivity index (χ4v) is 2.50. The Labute approximate surface area is 133 Å². The van der Waals surface area contributed by atoms with Gasteiger partial charge in [-0.15, -0.1) is 5.10 Å². The van der Waals surface area contributed by atoms with Crippen molar-refractivity contribution in [1.29, 1.82) is 0 Å². The molecule has 0 aliphatic carbocycles. The number of hydrogen-bond acceptors (Lipinski definition) is 4. The van der Waals surface area contributed by atoms with Crippen molar-refractivity contribution in [2.75, 3.05) is 0 Å². The number of nitrogens with zero attached hydrogens (tertiary/aromatic N) is 3. The van der Waals surface area contributed by atoms with Crippen molar-refractivity contribution in [3.63, 3.8) is 0 Å². The molecule has 0 unspecified atom stereocenters. The highest BCUT2D eigenvalue weighted by molar-refractivity contribution is 5.89. The lowest BCUT2D eigenvalue weighted by atomic mass is 10.0. The van der Waals surface area contributed by atoms with Crippen molar-refractivity contribution >= 4 is 22.8 Å². The third-order valence-electron chi connectivity index (χ3n) is 3.55. The first-order valence-electron chi connectivity index (χ1n) is 7.31. The molecule has 0 aliphatic heterocycles. The molecule has 1 heterocycles. The first kappa shape index (κ1) is 14.9. The van der Waals surface area contributed by atoms with Gasteiger partial charge in [-0.25, -0.2) is 0 Å². The average molecular weight is 308 g/mol. The highest BCUT2D eigenvalue weighted by Gasteiger charge is 2.20. The van der Waals surface area contributed by atoms with E-state index in [2.05, 4.69) is 15.6 Å². The lowest BCUT2D eigenvalue weighted by Gasteiger charge is -2.17. The average Bonchev–Trinajstić information content (AvgIpc) is 2.99. The Morgan fingerprint density at radius 1 is 1.09 bits per heavy atom. The van der Waals surface area contributed by atoms with Gasteiger partial charge in [-0.05, 0) is 17.7 Å². The fourth-order valence-electron chi connectivity index (χ4n) is 2.50. The minimum atomic E-state index is -0.399. The maximum absolute atomic E-state index is 12.6. The molecule has 23 heavy (non-hydrogen) atoms. The summed E-state index contributed by atoms with van der Waals surface area (Å²) < 4.78 is 1.28. The largest absolute Gasteiger partial charge is 0.349 e. The van der Waals surface area contributed by atoms with E-state index in [9.17, 15) is 9.59 Å². The minimum Gasteiger partial charge on any atom is -0.349 e. The molecule has 0 spiro atoms. The lowest BCUT2D eigenvalue weighted by Crippen LogP contribution is -2.29. The van der Waals surface area contributed by atoms with Crippen LogP contribution < -0.4 is 5.32 Å². The number of nitrogens with one attached hydrogen (secondary N) is 1. The fraction of sp³-hybridized carbons (Fsp3) is 0.176. The molecule has 3 rings (SSSR count). The van der Waals surface area contributed by atoms with Crippen LogP contribution in [0.2, 0.25) is 0 Å². The summed E-state index contributed by atoms with van der Waals surface area (Å²) in [6.07, 6.45) is 0.108. The molecule has 3 aromatic rings. The van der Waals surface area contributed by atoms with Crippen LogP contribution in [0.5, 0.6) is 0 Å². The van der Waals surface area contributed by atoms with Crippen LogP contribution in [0.25, 0.3) is 11.0 Å². The van der Waals surface area contributed by atoms with Gasteiger partial charge in [-0.3, -0.25) is 9.59 Å². The maximum atomic E-state index is 12.6. The molecular weight excluding hydrogens is 292 g/mol. The van der Waals surface area contributed by atoms with E-state index in [0.717, 1.165) is 5.56 Å². The maximum Gasteiger partial charge on any atom is 0.251 e. The second-order valence-electron chi connectivity index (χ2n) is 5.25. The first-order chi connectivity index (χ1) is 11.1. The van der Waals surface area contributed by atoms with Crippen molar-refractivity contribution < 1.29 is 9.59 Å². The van der Waals surface area contributed by atoms with Crippen LogP contribution in [0.1, 0.15) is 29.7 Å². The van der Waals surface area contributed by atoms with Gasteiger partial charge in [0.05, 0.1) is 18.0 Å².